The van der Waals surface area contributed by atoms with Crippen LogP contribution in [-0.2, 0) is 9.84 Å². The molecule has 0 bridgehead atoms. The molecule has 1 aliphatic carbocycles. The van der Waals surface area contributed by atoms with Gasteiger partial charge in [-0.05, 0) is 51.0 Å². The number of β-amino-alcohol motifs (C(OH)–C–C–N with tert-alkyl or cyclic N) is 1. The van der Waals surface area contributed by atoms with Crippen molar-refractivity contribution in [2.75, 3.05) is 32.7 Å². The van der Waals surface area contributed by atoms with E-state index in [0.29, 0.717) is 17.2 Å². The minimum absolute atomic E-state index is 0.259. The van der Waals surface area contributed by atoms with Crippen molar-refractivity contribution in [2.45, 2.75) is 67.8 Å². The predicted molar refractivity (Wildman–Crippen MR) is 111 cm³/mol. The summed E-state index contributed by atoms with van der Waals surface area (Å²) in [5.41, 5.74) is -0.769. The van der Waals surface area contributed by atoms with E-state index in [9.17, 15) is 13.5 Å². The van der Waals surface area contributed by atoms with E-state index in [1.54, 1.807) is 24.3 Å². The molecule has 0 aromatic heterocycles. The molecule has 2 aliphatic rings. The van der Waals surface area contributed by atoms with Gasteiger partial charge in [-0.25, -0.2) is 8.42 Å². The second-order valence-electron chi connectivity index (χ2n) is 8.55. The van der Waals surface area contributed by atoms with Gasteiger partial charge in [-0.15, -0.1) is 0 Å². The lowest BCUT2D eigenvalue weighted by molar-refractivity contribution is -0.0456. The molecule has 1 unspecified atom stereocenters. The number of piperazine rings is 1. The van der Waals surface area contributed by atoms with Crippen molar-refractivity contribution in [3.05, 3.63) is 24.3 Å². The quantitative estimate of drug-likeness (QED) is 0.718. The Labute approximate surface area is 169 Å². The van der Waals surface area contributed by atoms with Crippen molar-refractivity contribution >= 4 is 9.84 Å². The summed E-state index contributed by atoms with van der Waals surface area (Å²) in [6.45, 7) is 8.00. The van der Waals surface area contributed by atoms with E-state index >= 15 is 0 Å². The first-order chi connectivity index (χ1) is 13.3. The van der Waals surface area contributed by atoms with Crippen molar-refractivity contribution < 1.29 is 18.3 Å². The fourth-order valence-corrected chi connectivity index (χ4v) is 5.85. The van der Waals surface area contributed by atoms with Crippen LogP contribution in [0.1, 0.15) is 46.0 Å². The lowest BCUT2D eigenvalue weighted by atomic mass is 10.0. The molecule has 0 radical (unpaired) electrons. The van der Waals surface area contributed by atoms with Gasteiger partial charge < -0.3 is 15.2 Å². The monoisotopic (exact) mass is 410 g/mol. The maximum atomic E-state index is 12.8. The maximum Gasteiger partial charge on any atom is 0.181 e. The second-order valence-corrected chi connectivity index (χ2v) is 10.8. The standard InChI is InChI=1S/C21H34N2O4S/c1-21(2,20(24)16-23-14-12-22-13-15-23)27-17-8-10-19(11-9-17)28(25,26)18-6-4-3-5-7-18/h8-11,18,20,22,24H,3-7,12-16H2,1-2H3. The van der Waals surface area contributed by atoms with E-state index in [1.807, 2.05) is 13.8 Å². The highest BCUT2D eigenvalue weighted by Crippen LogP contribution is 2.30. The summed E-state index contributed by atoms with van der Waals surface area (Å²) < 4.78 is 31.7. The number of ether oxygens (including phenoxy) is 1. The third kappa shape index (κ3) is 5.26. The smallest absolute Gasteiger partial charge is 0.181 e. The van der Waals surface area contributed by atoms with E-state index in [4.69, 9.17) is 4.74 Å². The number of benzene rings is 1. The van der Waals surface area contributed by atoms with E-state index in [-0.39, 0.29) is 5.25 Å². The summed E-state index contributed by atoms with van der Waals surface area (Å²) in [7, 11) is -3.28. The zero-order chi connectivity index (χ0) is 20.2. The highest BCUT2D eigenvalue weighted by molar-refractivity contribution is 7.92. The highest BCUT2D eigenvalue weighted by atomic mass is 32.2. The summed E-state index contributed by atoms with van der Waals surface area (Å²) in [5, 5.41) is 13.7. The predicted octanol–water partition coefficient (Wildman–Crippen LogP) is 2.22. The molecule has 2 fully saturated rings. The average molecular weight is 411 g/mol. The largest absolute Gasteiger partial charge is 0.485 e. The van der Waals surface area contributed by atoms with Crippen molar-refractivity contribution in [1.82, 2.24) is 10.2 Å². The van der Waals surface area contributed by atoms with Gasteiger partial charge in [0.2, 0.25) is 0 Å². The number of rotatable bonds is 7. The second kappa shape index (κ2) is 9.11. The normalized spacial score (nSPS) is 21.4. The van der Waals surface area contributed by atoms with Crippen LogP contribution in [0.4, 0.5) is 0 Å². The molecule has 1 aromatic rings. The molecule has 0 amide bonds. The Hall–Kier alpha value is -1.15. The van der Waals surface area contributed by atoms with Crippen LogP contribution in [0.2, 0.25) is 0 Å². The van der Waals surface area contributed by atoms with E-state index in [0.717, 1.165) is 58.3 Å². The lowest BCUT2D eigenvalue weighted by Gasteiger charge is -2.36. The Morgan fingerprint density at radius 3 is 2.36 bits per heavy atom. The maximum absolute atomic E-state index is 12.8. The molecular weight excluding hydrogens is 376 g/mol. The van der Waals surface area contributed by atoms with Gasteiger partial charge >= 0.3 is 0 Å². The van der Waals surface area contributed by atoms with Crippen molar-refractivity contribution in [3.8, 4) is 5.75 Å². The molecule has 3 rings (SSSR count). The van der Waals surface area contributed by atoms with Crippen LogP contribution in [0.3, 0.4) is 0 Å². The Morgan fingerprint density at radius 1 is 1.14 bits per heavy atom. The van der Waals surface area contributed by atoms with Crippen LogP contribution in [0, 0.1) is 0 Å². The highest BCUT2D eigenvalue weighted by Gasteiger charge is 2.33. The third-order valence-electron chi connectivity index (χ3n) is 5.97. The molecule has 1 atom stereocenters. The number of hydrogen-bond acceptors (Lipinski definition) is 6. The Kier molecular flexibility index (Phi) is 7.02. The number of hydrogen-bond donors (Lipinski definition) is 2. The summed E-state index contributed by atoms with van der Waals surface area (Å²) in [5.74, 6) is 0.576. The van der Waals surface area contributed by atoms with Gasteiger partial charge in [0.05, 0.1) is 10.1 Å². The SMILES string of the molecule is CC(C)(Oc1ccc(S(=O)(=O)C2CCCCC2)cc1)C(O)CN1CCNCC1. The number of nitrogens with zero attached hydrogens (tertiary/aromatic N) is 1. The molecule has 1 aliphatic heterocycles. The molecule has 2 N–H and O–H groups in total. The molecule has 0 spiro atoms. The van der Waals surface area contributed by atoms with Crippen LogP contribution in [0.25, 0.3) is 0 Å². The molecule has 158 valence electrons. The average Bonchev–Trinajstić information content (AvgIpc) is 2.69. The van der Waals surface area contributed by atoms with Crippen LogP contribution >= 0.6 is 0 Å². The van der Waals surface area contributed by atoms with Gasteiger partial charge in [-0.2, -0.15) is 0 Å². The first-order valence-corrected chi connectivity index (χ1v) is 12.0. The fraction of sp³-hybridized carbons (Fsp3) is 0.714. The number of aliphatic hydroxyl groups is 1. The Bertz CT molecular complexity index is 721. The van der Waals surface area contributed by atoms with Crippen molar-refractivity contribution in [1.29, 1.82) is 0 Å². The van der Waals surface area contributed by atoms with Crippen LogP contribution in [0.5, 0.6) is 5.75 Å². The molecule has 1 heterocycles. The summed E-state index contributed by atoms with van der Waals surface area (Å²) in [6.07, 6.45) is 3.98. The number of sulfone groups is 1. The molecule has 1 aromatic carbocycles. The van der Waals surface area contributed by atoms with Crippen LogP contribution in [-0.4, -0.2) is 68.1 Å². The van der Waals surface area contributed by atoms with E-state index in [2.05, 4.69) is 10.2 Å². The van der Waals surface area contributed by atoms with Gasteiger partial charge in [0.15, 0.2) is 9.84 Å². The first-order valence-electron chi connectivity index (χ1n) is 10.4. The van der Waals surface area contributed by atoms with Crippen LogP contribution in [0.15, 0.2) is 29.2 Å². The van der Waals surface area contributed by atoms with Crippen molar-refractivity contribution in [3.63, 3.8) is 0 Å². The molecular formula is C21H34N2O4S. The van der Waals surface area contributed by atoms with Crippen molar-refractivity contribution in [2.24, 2.45) is 0 Å². The molecule has 7 heteroatoms. The van der Waals surface area contributed by atoms with Crippen LogP contribution < -0.4 is 10.1 Å². The molecule has 6 nitrogen and oxygen atoms in total. The van der Waals surface area contributed by atoms with E-state index in [1.165, 1.54) is 0 Å². The lowest BCUT2D eigenvalue weighted by Crippen LogP contribution is -2.52. The minimum atomic E-state index is -3.28. The van der Waals surface area contributed by atoms with Gasteiger partial charge in [0, 0.05) is 32.7 Å². The Balaban J connectivity index is 1.62. The van der Waals surface area contributed by atoms with Gasteiger partial charge in [0.25, 0.3) is 0 Å². The number of nitrogens with one attached hydrogen (secondary N) is 1. The van der Waals surface area contributed by atoms with Gasteiger partial charge in [-0.1, -0.05) is 19.3 Å². The van der Waals surface area contributed by atoms with E-state index < -0.39 is 21.5 Å². The topological polar surface area (TPSA) is 78.9 Å². The summed E-state index contributed by atoms with van der Waals surface area (Å²) >= 11 is 0. The number of aliphatic hydroxyl groups excluding tert-OH is 1. The van der Waals surface area contributed by atoms with Gasteiger partial charge in [-0.3, -0.25) is 4.90 Å². The fourth-order valence-electron chi connectivity index (χ4n) is 4.00. The molecule has 28 heavy (non-hydrogen) atoms. The summed E-state index contributed by atoms with van der Waals surface area (Å²) in [6, 6.07) is 6.68. The molecule has 1 saturated carbocycles. The first kappa shape index (κ1) is 21.6. The summed E-state index contributed by atoms with van der Waals surface area (Å²) in [4.78, 5) is 2.59. The Morgan fingerprint density at radius 2 is 1.75 bits per heavy atom. The zero-order valence-electron chi connectivity index (χ0n) is 17.1. The minimum Gasteiger partial charge on any atom is -0.485 e. The third-order valence-corrected chi connectivity index (χ3v) is 8.25. The zero-order valence-corrected chi connectivity index (χ0v) is 17.9. The van der Waals surface area contributed by atoms with Gasteiger partial charge in [0.1, 0.15) is 17.5 Å². The molecule has 1 saturated heterocycles.